The highest BCUT2D eigenvalue weighted by Crippen LogP contribution is 2.21. The molecule has 0 bridgehead atoms. The van der Waals surface area contributed by atoms with Crippen molar-refractivity contribution in [2.24, 2.45) is 0 Å². The van der Waals surface area contributed by atoms with Crippen LogP contribution in [0.5, 0.6) is 11.5 Å². The van der Waals surface area contributed by atoms with Gasteiger partial charge in [-0.1, -0.05) is 12.1 Å². The lowest BCUT2D eigenvalue weighted by Crippen LogP contribution is -2.16. The van der Waals surface area contributed by atoms with Crippen molar-refractivity contribution in [3.8, 4) is 11.5 Å². The summed E-state index contributed by atoms with van der Waals surface area (Å²) in [5.41, 5.74) is 1.23. The number of rotatable bonds is 6. The summed E-state index contributed by atoms with van der Waals surface area (Å²) in [4.78, 5) is 12.3. The van der Waals surface area contributed by atoms with E-state index in [-0.39, 0.29) is 12.0 Å². The monoisotopic (exact) mass is 327 g/mol. The van der Waals surface area contributed by atoms with Crippen LogP contribution in [0.4, 0.5) is 5.69 Å². The van der Waals surface area contributed by atoms with Crippen molar-refractivity contribution in [2.45, 2.75) is 18.9 Å². The van der Waals surface area contributed by atoms with Crippen molar-refractivity contribution in [3.05, 3.63) is 54.1 Å². The Kier molecular flexibility index (Phi) is 5.33. The number of amides is 1. The molecule has 5 nitrogen and oxygen atoms in total. The SMILES string of the molecule is COc1cccc(C(=O)Nc2cccc(OCC3CCCO3)c2)c1. The summed E-state index contributed by atoms with van der Waals surface area (Å²) in [6, 6.07) is 14.4. The van der Waals surface area contributed by atoms with Crippen molar-refractivity contribution in [1.82, 2.24) is 0 Å². The third kappa shape index (κ3) is 4.26. The van der Waals surface area contributed by atoms with Gasteiger partial charge in [0.05, 0.1) is 13.2 Å². The summed E-state index contributed by atoms with van der Waals surface area (Å²) < 4.78 is 16.4. The van der Waals surface area contributed by atoms with Gasteiger partial charge in [0.25, 0.3) is 5.91 Å². The normalized spacial score (nSPS) is 16.6. The molecule has 1 aliphatic heterocycles. The maximum atomic E-state index is 12.3. The van der Waals surface area contributed by atoms with E-state index >= 15 is 0 Å². The van der Waals surface area contributed by atoms with Gasteiger partial charge in [-0.25, -0.2) is 0 Å². The number of hydrogen-bond donors (Lipinski definition) is 1. The Bertz CT molecular complexity index is 695. The van der Waals surface area contributed by atoms with Crippen LogP contribution in [-0.2, 0) is 4.74 Å². The zero-order valence-corrected chi connectivity index (χ0v) is 13.7. The molecule has 1 unspecified atom stereocenters. The number of carbonyl (C=O) groups is 1. The molecule has 2 aromatic rings. The van der Waals surface area contributed by atoms with Gasteiger partial charge in [-0.2, -0.15) is 0 Å². The Morgan fingerprint density at radius 3 is 2.83 bits per heavy atom. The number of ether oxygens (including phenoxy) is 3. The maximum absolute atomic E-state index is 12.3. The lowest BCUT2D eigenvalue weighted by molar-refractivity contribution is 0.0680. The maximum Gasteiger partial charge on any atom is 0.255 e. The van der Waals surface area contributed by atoms with Gasteiger partial charge in [-0.05, 0) is 43.2 Å². The molecular weight excluding hydrogens is 306 g/mol. The first-order valence-corrected chi connectivity index (χ1v) is 8.04. The van der Waals surface area contributed by atoms with E-state index in [9.17, 15) is 4.79 Å². The highest BCUT2D eigenvalue weighted by atomic mass is 16.5. The highest BCUT2D eigenvalue weighted by molar-refractivity contribution is 6.04. The number of anilines is 1. The van der Waals surface area contributed by atoms with Crippen LogP contribution in [0.15, 0.2) is 48.5 Å². The van der Waals surface area contributed by atoms with Gasteiger partial charge in [0.15, 0.2) is 0 Å². The fourth-order valence-corrected chi connectivity index (χ4v) is 2.60. The van der Waals surface area contributed by atoms with Crippen LogP contribution >= 0.6 is 0 Å². The smallest absolute Gasteiger partial charge is 0.255 e. The second kappa shape index (κ2) is 7.84. The summed E-state index contributed by atoms with van der Waals surface area (Å²) >= 11 is 0. The molecule has 0 aliphatic carbocycles. The average molecular weight is 327 g/mol. The van der Waals surface area contributed by atoms with E-state index < -0.39 is 0 Å². The molecule has 0 radical (unpaired) electrons. The Morgan fingerprint density at radius 2 is 2.04 bits per heavy atom. The minimum Gasteiger partial charge on any atom is -0.497 e. The van der Waals surface area contributed by atoms with E-state index in [1.54, 1.807) is 31.4 Å². The zero-order chi connectivity index (χ0) is 16.8. The van der Waals surface area contributed by atoms with Crippen molar-refractivity contribution in [2.75, 3.05) is 25.6 Å². The van der Waals surface area contributed by atoms with Crippen molar-refractivity contribution >= 4 is 11.6 Å². The molecule has 1 N–H and O–H groups in total. The molecule has 1 fully saturated rings. The molecule has 2 aromatic carbocycles. The summed E-state index contributed by atoms with van der Waals surface area (Å²) in [5.74, 6) is 1.18. The second-order valence-electron chi connectivity index (χ2n) is 5.66. The topological polar surface area (TPSA) is 56.8 Å². The number of benzene rings is 2. The van der Waals surface area contributed by atoms with E-state index in [1.165, 1.54) is 0 Å². The third-order valence-electron chi connectivity index (χ3n) is 3.88. The quantitative estimate of drug-likeness (QED) is 0.882. The van der Waals surface area contributed by atoms with Crippen molar-refractivity contribution in [1.29, 1.82) is 0 Å². The van der Waals surface area contributed by atoms with Gasteiger partial charge in [0.1, 0.15) is 18.1 Å². The fourth-order valence-electron chi connectivity index (χ4n) is 2.60. The molecule has 24 heavy (non-hydrogen) atoms. The minimum absolute atomic E-state index is 0.167. The molecule has 1 atom stereocenters. The second-order valence-corrected chi connectivity index (χ2v) is 5.66. The molecule has 1 saturated heterocycles. The van der Waals surface area contributed by atoms with Crippen LogP contribution in [0.25, 0.3) is 0 Å². The van der Waals surface area contributed by atoms with Gasteiger partial charge >= 0.3 is 0 Å². The summed E-state index contributed by atoms with van der Waals surface area (Å²) in [5, 5.41) is 2.87. The zero-order valence-electron chi connectivity index (χ0n) is 13.7. The van der Waals surface area contributed by atoms with Gasteiger partial charge in [0.2, 0.25) is 0 Å². The molecule has 1 heterocycles. The first kappa shape index (κ1) is 16.3. The Balaban J connectivity index is 1.61. The third-order valence-corrected chi connectivity index (χ3v) is 3.88. The van der Waals surface area contributed by atoms with Crippen LogP contribution in [0.2, 0.25) is 0 Å². The molecule has 3 rings (SSSR count). The first-order valence-electron chi connectivity index (χ1n) is 8.04. The Morgan fingerprint density at radius 1 is 1.21 bits per heavy atom. The molecule has 126 valence electrons. The molecule has 0 aromatic heterocycles. The predicted molar refractivity (Wildman–Crippen MR) is 91.9 cm³/mol. The minimum atomic E-state index is -0.190. The van der Waals surface area contributed by atoms with Gasteiger partial charge < -0.3 is 19.5 Å². The summed E-state index contributed by atoms with van der Waals surface area (Å²) in [7, 11) is 1.58. The van der Waals surface area contributed by atoms with Gasteiger partial charge in [-0.15, -0.1) is 0 Å². The number of methoxy groups -OCH3 is 1. The van der Waals surface area contributed by atoms with Crippen molar-refractivity contribution < 1.29 is 19.0 Å². The number of nitrogens with one attached hydrogen (secondary N) is 1. The van der Waals surface area contributed by atoms with E-state index in [0.717, 1.165) is 19.4 Å². The highest BCUT2D eigenvalue weighted by Gasteiger charge is 2.16. The molecule has 1 aliphatic rings. The van der Waals surface area contributed by atoms with Crippen LogP contribution in [-0.4, -0.2) is 32.3 Å². The summed E-state index contributed by atoms with van der Waals surface area (Å²) in [6.45, 7) is 1.35. The molecule has 0 saturated carbocycles. The summed E-state index contributed by atoms with van der Waals surface area (Å²) in [6.07, 6.45) is 2.29. The first-order chi connectivity index (χ1) is 11.7. The molecule has 1 amide bonds. The number of hydrogen-bond acceptors (Lipinski definition) is 4. The van der Waals surface area contributed by atoms with Crippen molar-refractivity contribution in [3.63, 3.8) is 0 Å². The van der Waals surface area contributed by atoms with Crippen LogP contribution < -0.4 is 14.8 Å². The largest absolute Gasteiger partial charge is 0.497 e. The van der Waals surface area contributed by atoms with E-state index in [2.05, 4.69) is 5.32 Å². The van der Waals surface area contributed by atoms with E-state index in [1.807, 2.05) is 24.3 Å². The van der Waals surface area contributed by atoms with E-state index in [0.29, 0.717) is 29.4 Å². The van der Waals surface area contributed by atoms with Crippen LogP contribution in [0.1, 0.15) is 23.2 Å². The van der Waals surface area contributed by atoms with E-state index in [4.69, 9.17) is 14.2 Å². The molecule has 0 spiro atoms. The average Bonchev–Trinajstić information content (AvgIpc) is 3.14. The fraction of sp³-hybridized carbons (Fsp3) is 0.316. The van der Waals surface area contributed by atoms with Gasteiger partial charge in [0, 0.05) is 23.9 Å². The number of carbonyl (C=O) groups excluding carboxylic acids is 1. The predicted octanol–water partition coefficient (Wildman–Crippen LogP) is 3.51. The van der Waals surface area contributed by atoms with Gasteiger partial charge in [-0.3, -0.25) is 4.79 Å². The van der Waals surface area contributed by atoms with Crippen LogP contribution in [0, 0.1) is 0 Å². The van der Waals surface area contributed by atoms with Crippen LogP contribution in [0.3, 0.4) is 0 Å². The lowest BCUT2D eigenvalue weighted by atomic mass is 10.2. The Hall–Kier alpha value is -2.53. The Labute approximate surface area is 141 Å². The standard InChI is InChI=1S/C19H21NO4/c1-22-16-7-2-5-14(11-16)19(21)20-15-6-3-8-17(12-15)24-13-18-9-4-10-23-18/h2-3,5-8,11-12,18H,4,9-10,13H2,1H3,(H,20,21). The lowest BCUT2D eigenvalue weighted by Gasteiger charge is -2.12. The molecule has 5 heteroatoms. The molecular formula is C19H21NO4.